The lowest BCUT2D eigenvalue weighted by Crippen LogP contribution is -2.29. The Kier molecular flexibility index (Phi) is 4.58. The van der Waals surface area contributed by atoms with E-state index in [2.05, 4.69) is 9.71 Å². The molecule has 5 nitrogen and oxygen atoms in total. The number of amidine groups is 1. The molecule has 0 saturated heterocycles. The van der Waals surface area contributed by atoms with Crippen LogP contribution >= 0.6 is 23.1 Å². The molecule has 0 bridgehead atoms. The summed E-state index contributed by atoms with van der Waals surface area (Å²) in [6, 6.07) is 7.46. The number of thiophene rings is 1. The topological polar surface area (TPSA) is 84.5 Å². The standard InChI is InChI=1S/C15H16FN3O2S3/c1-15(6-8-23-14(17)18-15)10-4-5-11(16)12(9-10)19-24(20,21)13-3-2-7-22-13/h2-5,7,9,19H,6,8H2,1H3,(H2,17,18). The highest BCUT2D eigenvalue weighted by Crippen LogP contribution is 2.36. The van der Waals surface area contributed by atoms with E-state index in [0.29, 0.717) is 5.17 Å². The number of aliphatic imine (C=N–C) groups is 1. The molecule has 2 aromatic rings. The Bertz CT molecular complexity index is 881. The van der Waals surface area contributed by atoms with Crippen LogP contribution in [0.15, 0.2) is 44.9 Å². The molecule has 0 fully saturated rings. The van der Waals surface area contributed by atoms with E-state index in [1.54, 1.807) is 17.5 Å². The van der Waals surface area contributed by atoms with Gasteiger partial charge in [0.15, 0.2) is 5.17 Å². The van der Waals surface area contributed by atoms with Crippen molar-refractivity contribution in [1.82, 2.24) is 0 Å². The number of nitrogens with one attached hydrogen (secondary N) is 1. The number of nitrogens with two attached hydrogens (primary N) is 1. The number of hydrogen-bond acceptors (Lipinski definition) is 6. The number of thioether (sulfide) groups is 1. The van der Waals surface area contributed by atoms with E-state index in [1.165, 1.54) is 30.0 Å². The van der Waals surface area contributed by atoms with Gasteiger partial charge in [-0.15, -0.1) is 11.3 Å². The number of rotatable bonds is 4. The number of benzene rings is 1. The van der Waals surface area contributed by atoms with Gasteiger partial charge in [0, 0.05) is 5.75 Å². The normalized spacial score (nSPS) is 21.3. The van der Waals surface area contributed by atoms with Crippen LogP contribution in [0.4, 0.5) is 10.1 Å². The minimum Gasteiger partial charge on any atom is -0.379 e. The first kappa shape index (κ1) is 17.2. The number of sulfonamides is 1. The van der Waals surface area contributed by atoms with Crippen molar-refractivity contribution in [3.63, 3.8) is 0 Å². The minimum atomic E-state index is -3.81. The van der Waals surface area contributed by atoms with Crippen molar-refractivity contribution < 1.29 is 12.8 Å². The number of hydrogen-bond donors (Lipinski definition) is 2. The number of anilines is 1. The van der Waals surface area contributed by atoms with Crippen molar-refractivity contribution in [1.29, 1.82) is 0 Å². The van der Waals surface area contributed by atoms with Gasteiger partial charge in [-0.2, -0.15) is 0 Å². The van der Waals surface area contributed by atoms with E-state index in [0.717, 1.165) is 29.1 Å². The first-order chi connectivity index (χ1) is 11.3. The smallest absolute Gasteiger partial charge is 0.271 e. The average Bonchev–Trinajstić information content (AvgIpc) is 3.04. The van der Waals surface area contributed by atoms with Gasteiger partial charge in [0.2, 0.25) is 0 Å². The lowest BCUT2D eigenvalue weighted by atomic mass is 9.89. The summed E-state index contributed by atoms with van der Waals surface area (Å²) in [5.41, 5.74) is 5.85. The molecule has 1 unspecified atom stereocenters. The largest absolute Gasteiger partial charge is 0.379 e. The van der Waals surface area contributed by atoms with Gasteiger partial charge in [0.1, 0.15) is 10.0 Å². The molecule has 128 valence electrons. The van der Waals surface area contributed by atoms with E-state index < -0.39 is 21.4 Å². The van der Waals surface area contributed by atoms with Crippen LogP contribution in [0.2, 0.25) is 0 Å². The minimum absolute atomic E-state index is 0.0888. The second-order valence-corrected chi connectivity index (χ2v) is 9.53. The average molecular weight is 386 g/mol. The highest BCUT2D eigenvalue weighted by atomic mass is 32.2. The van der Waals surface area contributed by atoms with Gasteiger partial charge in [-0.3, -0.25) is 9.71 Å². The molecular formula is C15H16FN3O2S3. The Morgan fingerprint density at radius 1 is 1.38 bits per heavy atom. The monoisotopic (exact) mass is 385 g/mol. The highest BCUT2D eigenvalue weighted by molar-refractivity contribution is 8.13. The zero-order valence-corrected chi connectivity index (χ0v) is 15.3. The molecular weight excluding hydrogens is 369 g/mol. The van der Waals surface area contributed by atoms with Crippen molar-refractivity contribution in [3.8, 4) is 0 Å². The molecule has 1 aromatic heterocycles. The quantitative estimate of drug-likeness (QED) is 0.845. The van der Waals surface area contributed by atoms with Crippen LogP contribution < -0.4 is 10.5 Å². The van der Waals surface area contributed by atoms with E-state index in [-0.39, 0.29) is 9.90 Å². The molecule has 9 heteroatoms. The summed E-state index contributed by atoms with van der Waals surface area (Å²) in [6.45, 7) is 1.91. The van der Waals surface area contributed by atoms with Gasteiger partial charge >= 0.3 is 0 Å². The summed E-state index contributed by atoms with van der Waals surface area (Å²) in [5, 5.41) is 2.13. The summed E-state index contributed by atoms with van der Waals surface area (Å²) in [7, 11) is -3.81. The molecule has 0 spiro atoms. The SMILES string of the molecule is CC1(c2ccc(F)c(NS(=O)(=O)c3cccs3)c2)CCSC(N)=N1. The van der Waals surface area contributed by atoms with Crippen LogP contribution in [-0.2, 0) is 15.6 Å². The molecule has 1 atom stereocenters. The zero-order valence-electron chi connectivity index (χ0n) is 12.8. The first-order valence-electron chi connectivity index (χ1n) is 7.15. The Morgan fingerprint density at radius 3 is 2.83 bits per heavy atom. The molecule has 1 aliphatic heterocycles. The predicted octanol–water partition coefficient (Wildman–Crippen LogP) is 3.35. The molecule has 24 heavy (non-hydrogen) atoms. The maximum Gasteiger partial charge on any atom is 0.271 e. The molecule has 0 amide bonds. The Morgan fingerprint density at radius 2 is 2.17 bits per heavy atom. The van der Waals surface area contributed by atoms with Gasteiger partial charge in [0.25, 0.3) is 10.0 Å². The summed E-state index contributed by atoms with van der Waals surface area (Å²) >= 11 is 2.55. The van der Waals surface area contributed by atoms with E-state index in [4.69, 9.17) is 5.73 Å². The molecule has 3 rings (SSSR count). The molecule has 1 aliphatic rings. The van der Waals surface area contributed by atoms with E-state index in [1.807, 2.05) is 6.92 Å². The first-order valence-corrected chi connectivity index (χ1v) is 10.5. The van der Waals surface area contributed by atoms with E-state index >= 15 is 0 Å². The lowest BCUT2D eigenvalue weighted by molar-refractivity contribution is 0.481. The molecule has 1 aromatic carbocycles. The Hall–Kier alpha value is -1.58. The van der Waals surface area contributed by atoms with Crippen molar-refractivity contribution in [2.24, 2.45) is 10.7 Å². The summed E-state index contributed by atoms with van der Waals surface area (Å²) in [4.78, 5) is 4.46. The summed E-state index contributed by atoms with van der Waals surface area (Å²) < 4.78 is 41.2. The predicted molar refractivity (Wildman–Crippen MR) is 97.6 cm³/mol. The molecule has 3 N–H and O–H groups in total. The molecule has 0 aliphatic carbocycles. The number of halogens is 1. The fourth-order valence-corrected chi connectivity index (χ4v) is 5.47. The Balaban J connectivity index is 1.97. The molecule has 0 saturated carbocycles. The zero-order chi connectivity index (χ0) is 17.4. The fraction of sp³-hybridized carbons (Fsp3) is 0.267. The van der Waals surface area contributed by atoms with Crippen LogP contribution in [0.1, 0.15) is 18.9 Å². The van der Waals surface area contributed by atoms with Crippen molar-refractivity contribution in [2.45, 2.75) is 23.1 Å². The third-order valence-electron chi connectivity index (χ3n) is 3.79. The van der Waals surface area contributed by atoms with Gasteiger partial charge < -0.3 is 5.73 Å². The van der Waals surface area contributed by atoms with Crippen molar-refractivity contribution in [3.05, 3.63) is 47.1 Å². The summed E-state index contributed by atoms with van der Waals surface area (Å²) in [6.07, 6.45) is 0.737. The fourth-order valence-electron chi connectivity index (χ4n) is 2.44. The van der Waals surface area contributed by atoms with Crippen molar-refractivity contribution in [2.75, 3.05) is 10.5 Å². The summed E-state index contributed by atoms with van der Waals surface area (Å²) in [5.74, 6) is 0.170. The van der Waals surface area contributed by atoms with Crippen molar-refractivity contribution >= 4 is 44.0 Å². The van der Waals surface area contributed by atoms with Gasteiger partial charge in [0.05, 0.1) is 11.2 Å². The van der Waals surface area contributed by atoms with Crippen LogP contribution in [0.5, 0.6) is 0 Å². The maximum absolute atomic E-state index is 14.1. The maximum atomic E-state index is 14.1. The highest BCUT2D eigenvalue weighted by Gasteiger charge is 2.30. The van der Waals surface area contributed by atoms with Gasteiger partial charge in [-0.1, -0.05) is 23.9 Å². The third-order valence-corrected chi connectivity index (χ3v) is 7.35. The molecule has 2 heterocycles. The second-order valence-electron chi connectivity index (χ2n) is 5.55. The third kappa shape index (κ3) is 3.42. The Labute approximate surface area is 148 Å². The van der Waals surface area contributed by atoms with Gasteiger partial charge in [-0.05, 0) is 42.5 Å². The van der Waals surface area contributed by atoms with Crippen LogP contribution in [0.25, 0.3) is 0 Å². The van der Waals surface area contributed by atoms with Crippen LogP contribution in [0.3, 0.4) is 0 Å². The van der Waals surface area contributed by atoms with E-state index in [9.17, 15) is 12.8 Å². The van der Waals surface area contributed by atoms with Crippen LogP contribution in [-0.4, -0.2) is 19.3 Å². The lowest BCUT2D eigenvalue weighted by Gasteiger charge is -2.30. The van der Waals surface area contributed by atoms with Gasteiger partial charge in [-0.25, -0.2) is 12.8 Å². The number of nitrogens with zero attached hydrogens (tertiary/aromatic N) is 1. The second kappa shape index (κ2) is 6.38. The molecule has 0 radical (unpaired) electrons. The van der Waals surface area contributed by atoms with Crippen LogP contribution in [0, 0.1) is 5.82 Å².